The van der Waals surface area contributed by atoms with Crippen molar-refractivity contribution in [3.05, 3.63) is 0 Å². The largest absolute Gasteiger partial charge is 0.329 e. The zero-order valence-corrected chi connectivity index (χ0v) is 13.9. The van der Waals surface area contributed by atoms with Gasteiger partial charge in [-0.2, -0.15) is 0 Å². The third-order valence-corrected chi connectivity index (χ3v) is 6.17. The molecule has 0 bridgehead atoms. The third kappa shape index (κ3) is 3.05. The highest BCUT2D eigenvalue weighted by atomic mass is 15.3. The summed E-state index contributed by atoms with van der Waals surface area (Å²) >= 11 is 0. The van der Waals surface area contributed by atoms with Crippen LogP contribution in [0.5, 0.6) is 0 Å². The van der Waals surface area contributed by atoms with E-state index >= 15 is 0 Å². The fourth-order valence-corrected chi connectivity index (χ4v) is 4.82. The lowest BCUT2D eigenvalue weighted by Crippen LogP contribution is -2.60. The molecule has 2 N–H and O–H groups in total. The Hall–Kier alpha value is -0.120. The van der Waals surface area contributed by atoms with Crippen molar-refractivity contribution < 1.29 is 0 Å². The molecule has 3 unspecified atom stereocenters. The van der Waals surface area contributed by atoms with Gasteiger partial charge in [-0.25, -0.2) is 0 Å². The highest BCUT2D eigenvalue weighted by Crippen LogP contribution is 2.39. The minimum absolute atomic E-state index is 0.273. The predicted molar refractivity (Wildman–Crippen MR) is 86.9 cm³/mol. The molecule has 0 aromatic rings. The number of hydrogen-bond acceptors (Lipinski definition) is 3. The summed E-state index contributed by atoms with van der Waals surface area (Å²) in [7, 11) is 2.34. The fourth-order valence-electron chi connectivity index (χ4n) is 4.82. The van der Waals surface area contributed by atoms with Gasteiger partial charge in [-0.05, 0) is 51.7 Å². The zero-order chi connectivity index (χ0) is 14.6. The van der Waals surface area contributed by atoms with E-state index in [1.807, 2.05) is 0 Å². The minimum atomic E-state index is 0.273. The van der Waals surface area contributed by atoms with Crippen LogP contribution in [0.1, 0.15) is 58.8 Å². The van der Waals surface area contributed by atoms with Crippen molar-refractivity contribution in [3.63, 3.8) is 0 Å². The van der Waals surface area contributed by atoms with Gasteiger partial charge in [0.2, 0.25) is 0 Å². The molecular formula is C17H35N3. The van der Waals surface area contributed by atoms with E-state index < -0.39 is 0 Å². The second-order valence-electron chi connectivity index (χ2n) is 6.96. The molecule has 2 fully saturated rings. The summed E-state index contributed by atoms with van der Waals surface area (Å²) < 4.78 is 0. The van der Waals surface area contributed by atoms with Crippen LogP contribution in [0.2, 0.25) is 0 Å². The van der Waals surface area contributed by atoms with Crippen molar-refractivity contribution in [3.8, 4) is 0 Å². The van der Waals surface area contributed by atoms with Crippen LogP contribution in [0.25, 0.3) is 0 Å². The molecule has 0 radical (unpaired) electrons. The predicted octanol–water partition coefficient (Wildman–Crippen LogP) is 2.70. The quantitative estimate of drug-likeness (QED) is 0.812. The van der Waals surface area contributed by atoms with Gasteiger partial charge >= 0.3 is 0 Å². The van der Waals surface area contributed by atoms with Crippen LogP contribution >= 0.6 is 0 Å². The lowest BCUT2D eigenvalue weighted by atomic mass is 9.70. The summed E-state index contributed by atoms with van der Waals surface area (Å²) in [6.45, 7) is 9.18. The first kappa shape index (κ1) is 16.3. The lowest BCUT2D eigenvalue weighted by molar-refractivity contribution is 0.00900. The van der Waals surface area contributed by atoms with Gasteiger partial charge < -0.3 is 5.73 Å². The standard InChI is InChI=1S/C17H35N3/c1-4-15-9-6-7-11-17(15,14-18)19(3)13-16-10-8-12-20(16)5-2/h15-16H,4-14,18H2,1-3H3. The van der Waals surface area contributed by atoms with Crippen LogP contribution in [0.4, 0.5) is 0 Å². The lowest BCUT2D eigenvalue weighted by Gasteiger charge is -2.50. The van der Waals surface area contributed by atoms with Gasteiger partial charge in [0.05, 0.1) is 0 Å². The van der Waals surface area contributed by atoms with E-state index in [9.17, 15) is 0 Å². The van der Waals surface area contributed by atoms with Crippen molar-refractivity contribution in [2.45, 2.75) is 70.4 Å². The van der Waals surface area contributed by atoms with Gasteiger partial charge in [0.25, 0.3) is 0 Å². The van der Waals surface area contributed by atoms with Crippen molar-refractivity contribution >= 4 is 0 Å². The molecule has 2 aliphatic rings. The first-order valence-corrected chi connectivity index (χ1v) is 8.83. The first-order chi connectivity index (χ1) is 9.67. The summed E-state index contributed by atoms with van der Waals surface area (Å²) in [5, 5.41) is 0. The number of hydrogen-bond donors (Lipinski definition) is 1. The molecule has 118 valence electrons. The maximum absolute atomic E-state index is 6.29. The highest BCUT2D eigenvalue weighted by Gasteiger charge is 2.42. The number of likely N-dealkylation sites (tertiary alicyclic amines) is 1. The second kappa shape index (κ2) is 7.24. The van der Waals surface area contributed by atoms with Gasteiger partial charge in [-0.3, -0.25) is 9.80 Å². The van der Waals surface area contributed by atoms with Crippen LogP contribution in [0.3, 0.4) is 0 Å². The van der Waals surface area contributed by atoms with E-state index in [0.29, 0.717) is 0 Å². The van der Waals surface area contributed by atoms with Gasteiger partial charge in [-0.1, -0.05) is 33.1 Å². The summed E-state index contributed by atoms with van der Waals surface area (Å²) in [5.74, 6) is 0.794. The Labute approximate surface area is 125 Å². The molecule has 1 saturated carbocycles. The van der Waals surface area contributed by atoms with Crippen molar-refractivity contribution in [1.82, 2.24) is 9.80 Å². The maximum atomic E-state index is 6.29. The van der Waals surface area contributed by atoms with Crippen LogP contribution in [0.15, 0.2) is 0 Å². The summed E-state index contributed by atoms with van der Waals surface area (Å²) in [6, 6.07) is 0.757. The molecule has 20 heavy (non-hydrogen) atoms. The highest BCUT2D eigenvalue weighted by molar-refractivity contribution is 5.00. The Morgan fingerprint density at radius 1 is 1.20 bits per heavy atom. The Morgan fingerprint density at radius 3 is 2.65 bits per heavy atom. The Balaban J connectivity index is 2.05. The third-order valence-electron chi connectivity index (χ3n) is 6.17. The number of likely N-dealkylation sites (N-methyl/N-ethyl adjacent to an activating group) is 2. The Kier molecular flexibility index (Phi) is 5.88. The molecule has 2 rings (SSSR count). The normalized spacial score (nSPS) is 35.9. The minimum Gasteiger partial charge on any atom is -0.329 e. The molecule has 0 amide bonds. The molecule has 0 aromatic carbocycles. The number of nitrogens with two attached hydrogens (primary N) is 1. The fraction of sp³-hybridized carbons (Fsp3) is 1.00. The van der Waals surface area contributed by atoms with E-state index in [1.54, 1.807) is 0 Å². The van der Waals surface area contributed by atoms with Gasteiger partial charge in [0, 0.05) is 24.7 Å². The summed E-state index contributed by atoms with van der Waals surface area (Å²) in [6.07, 6.45) is 9.47. The summed E-state index contributed by atoms with van der Waals surface area (Å²) in [5.41, 5.74) is 6.56. The zero-order valence-electron chi connectivity index (χ0n) is 13.9. The Morgan fingerprint density at radius 2 is 2.00 bits per heavy atom. The second-order valence-corrected chi connectivity index (χ2v) is 6.96. The van der Waals surface area contributed by atoms with E-state index in [2.05, 4.69) is 30.7 Å². The molecule has 3 atom stereocenters. The number of nitrogens with zero attached hydrogens (tertiary/aromatic N) is 2. The molecule has 3 nitrogen and oxygen atoms in total. The SMILES string of the molecule is CCC1CCCCC1(CN)N(C)CC1CCCN1CC. The molecule has 3 heteroatoms. The van der Waals surface area contributed by atoms with Gasteiger partial charge in [0.1, 0.15) is 0 Å². The topological polar surface area (TPSA) is 32.5 Å². The number of rotatable bonds is 6. The van der Waals surface area contributed by atoms with E-state index in [-0.39, 0.29) is 5.54 Å². The Bertz CT molecular complexity index is 294. The van der Waals surface area contributed by atoms with Gasteiger partial charge in [-0.15, -0.1) is 0 Å². The maximum Gasteiger partial charge on any atom is 0.0357 e. The van der Waals surface area contributed by atoms with Crippen LogP contribution in [0, 0.1) is 5.92 Å². The monoisotopic (exact) mass is 281 g/mol. The van der Waals surface area contributed by atoms with E-state index in [4.69, 9.17) is 5.73 Å². The molecule has 1 saturated heterocycles. The molecular weight excluding hydrogens is 246 g/mol. The summed E-state index contributed by atoms with van der Waals surface area (Å²) in [4.78, 5) is 5.31. The first-order valence-electron chi connectivity index (χ1n) is 8.83. The smallest absolute Gasteiger partial charge is 0.0357 e. The average Bonchev–Trinajstić information content (AvgIpc) is 2.93. The van der Waals surface area contributed by atoms with E-state index in [1.165, 1.54) is 64.6 Å². The van der Waals surface area contributed by atoms with Crippen molar-refractivity contribution in [2.24, 2.45) is 11.7 Å². The molecule has 1 heterocycles. The van der Waals surface area contributed by atoms with E-state index in [0.717, 1.165) is 18.5 Å². The van der Waals surface area contributed by atoms with Gasteiger partial charge in [0.15, 0.2) is 0 Å². The van der Waals surface area contributed by atoms with Crippen molar-refractivity contribution in [2.75, 3.05) is 33.2 Å². The van der Waals surface area contributed by atoms with Crippen LogP contribution in [-0.2, 0) is 0 Å². The average molecular weight is 281 g/mol. The van der Waals surface area contributed by atoms with Crippen LogP contribution < -0.4 is 5.73 Å². The molecule has 1 aliphatic carbocycles. The molecule has 0 aromatic heterocycles. The molecule has 0 spiro atoms. The molecule has 1 aliphatic heterocycles. The van der Waals surface area contributed by atoms with Crippen LogP contribution in [-0.4, -0.2) is 54.6 Å². The van der Waals surface area contributed by atoms with Crippen molar-refractivity contribution in [1.29, 1.82) is 0 Å².